The van der Waals surface area contributed by atoms with Crippen molar-refractivity contribution in [1.29, 1.82) is 0 Å². The van der Waals surface area contributed by atoms with E-state index in [4.69, 9.17) is 0 Å². The van der Waals surface area contributed by atoms with Crippen LogP contribution in [0.2, 0.25) is 0 Å². The first kappa shape index (κ1) is 15.6. The van der Waals surface area contributed by atoms with Crippen LogP contribution in [0.15, 0.2) is 5.38 Å². The van der Waals surface area contributed by atoms with Gasteiger partial charge in [-0.05, 0) is 25.7 Å². The van der Waals surface area contributed by atoms with Crippen molar-refractivity contribution in [3.05, 3.63) is 11.1 Å². The summed E-state index contributed by atoms with van der Waals surface area (Å²) in [6.45, 7) is 3.62. The fraction of sp³-hybridized carbons (Fsp3) is 0.733. The molecule has 0 bridgehead atoms. The quantitative estimate of drug-likeness (QED) is 0.860. The molecule has 2 aliphatic rings. The fourth-order valence-electron chi connectivity index (χ4n) is 3.16. The van der Waals surface area contributed by atoms with Crippen LogP contribution in [0.25, 0.3) is 0 Å². The molecule has 2 saturated heterocycles. The monoisotopic (exact) mass is 324 g/mol. The van der Waals surface area contributed by atoms with E-state index >= 15 is 0 Å². The molecule has 1 atom stereocenters. The largest absolute Gasteiger partial charge is 0.394 e. The van der Waals surface area contributed by atoms with Gasteiger partial charge in [0.05, 0.1) is 18.3 Å². The molecular formula is C15H24N4O2S. The average molecular weight is 324 g/mol. The summed E-state index contributed by atoms with van der Waals surface area (Å²) in [5.74, 6) is 0. The summed E-state index contributed by atoms with van der Waals surface area (Å²) < 4.78 is 0. The van der Waals surface area contributed by atoms with Crippen LogP contribution in [0.5, 0.6) is 0 Å². The van der Waals surface area contributed by atoms with Gasteiger partial charge in [0.25, 0.3) is 0 Å². The zero-order valence-electron chi connectivity index (χ0n) is 12.8. The number of carbonyl (C=O) groups excluding carboxylic acids is 1. The van der Waals surface area contributed by atoms with E-state index in [0.29, 0.717) is 6.54 Å². The minimum atomic E-state index is -0.0634. The van der Waals surface area contributed by atoms with Crippen LogP contribution in [0.4, 0.5) is 9.93 Å². The molecule has 2 fully saturated rings. The molecule has 1 aromatic heterocycles. The van der Waals surface area contributed by atoms with Crippen LogP contribution in [0, 0.1) is 0 Å². The third-order valence-corrected chi connectivity index (χ3v) is 5.37. The third kappa shape index (κ3) is 3.52. The molecule has 0 radical (unpaired) electrons. The second-order valence-corrected chi connectivity index (χ2v) is 6.81. The second-order valence-electron chi connectivity index (χ2n) is 5.97. The Morgan fingerprint density at radius 2 is 2.18 bits per heavy atom. The number of aromatic nitrogens is 1. The Bertz CT molecular complexity index is 501. The highest BCUT2D eigenvalue weighted by Crippen LogP contribution is 2.24. The molecule has 0 aliphatic carbocycles. The standard InChI is InChI=1S/C15H24N4O2S/c20-10-13-4-3-9-19(13)14(21)16-6-5-12-11-22-15(17-12)18-7-1-2-8-18/h11,13,20H,1-10H2,(H,16,21)/t13-/m1/s1. The number of rotatable bonds is 5. The van der Waals surface area contributed by atoms with Gasteiger partial charge in [-0.3, -0.25) is 0 Å². The number of urea groups is 1. The minimum Gasteiger partial charge on any atom is -0.394 e. The van der Waals surface area contributed by atoms with Crippen LogP contribution < -0.4 is 10.2 Å². The van der Waals surface area contributed by atoms with Crippen molar-refractivity contribution in [2.24, 2.45) is 0 Å². The summed E-state index contributed by atoms with van der Waals surface area (Å²) >= 11 is 1.69. The van der Waals surface area contributed by atoms with Gasteiger partial charge >= 0.3 is 6.03 Å². The number of likely N-dealkylation sites (tertiary alicyclic amines) is 1. The first-order chi connectivity index (χ1) is 10.8. The van der Waals surface area contributed by atoms with E-state index in [1.165, 1.54) is 12.8 Å². The van der Waals surface area contributed by atoms with Crippen molar-refractivity contribution >= 4 is 22.5 Å². The summed E-state index contributed by atoms with van der Waals surface area (Å²) in [5.41, 5.74) is 1.05. The van der Waals surface area contributed by atoms with E-state index in [-0.39, 0.29) is 18.7 Å². The van der Waals surface area contributed by atoms with Gasteiger partial charge in [-0.25, -0.2) is 9.78 Å². The topological polar surface area (TPSA) is 68.7 Å². The highest BCUT2D eigenvalue weighted by atomic mass is 32.1. The predicted octanol–water partition coefficient (Wildman–Crippen LogP) is 1.45. The Hall–Kier alpha value is -1.34. The van der Waals surface area contributed by atoms with Gasteiger partial charge in [-0.15, -0.1) is 11.3 Å². The van der Waals surface area contributed by atoms with E-state index < -0.39 is 0 Å². The molecule has 2 amide bonds. The van der Waals surface area contributed by atoms with Crippen molar-refractivity contribution in [3.63, 3.8) is 0 Å². The lowest BCUT2D eigenvalue weighted by atomic mass is 10.2. The van der Waals surface area contributed by atoms with Crippen molar-refractivity contribution < 1.29 is 9.90 Å². The van der Waals surface area contributed by atoms with Crippen LogP contribution in [0.1, 0.15) is 31.4 Å². The predicted molar refractivity (Wildman–Crippen MR) is 87.5 cm³/mol. The van der Waals surface area contributed by atoms with E-state index in [0.717, 1.165) is 49.7 Å². The molecule has 0 spiro atoms. The lowest BCUT2D eigenvalue weighted by Crippen LogP contribution is -2.44. The molecule has 2 aliphatic heterocycles. The maximum Gasteiger partial charge on any atom is 0.317 e. The van der Waals surface area contributed by atoms with Gasteiger partial charge in [0, 0.05) is 38.0 Å². The number of carbonyl (C=O) groups is 1. The number of nitrogens with one attached hydrogen (secondary N) is 1. The number of anilines is 1. The van der Waals surface area contributed by atoms with Crippen LogP contribution in [-0.4, -0.2) is 59.8 Å². The van der Waals surface area contributed by atoms with E-state index in [1.807, 2.05) is 0 Å². The van der Waals surface area contributed by atoms with Gasteiger partial charge in [0.15, 0.2) is 5.13 Å². The lowest BCUT2D eigenvalue weighted by Gasteiger charge is -2.23. The van der Waals surface area contributed by atoms with Gasteiger partial charge in [0.2, 0.25) is 0 Å². The zero-order chi connectivity index (χ0) is 15.4. The van der Waals surface area contributed by atoms with Crippen molar-refractivity contribution in [2.45, 2.75) is 38.1 Å². The first-order valence-electron chi connectivity index (χ1n) is 8.12. The Kier molecular flexibility index (Phi) is 5.15. The number of amides is 2. The molecule has 7 heteroatoms. The molecule has 122 valence electrons. The molecule has 22 heavy (non-hydrogen) atoms. The summed E-state index contributed by atoms with van der Waals surface area (Å²) in [4.78, 5) is 20.8. The number of hydrogen-bond acceptors (Lipinski definition) is 5. The average Bonchev–Trinajstić information content (AvgIpc) is 3.26. The molecule has 0 aromatic carbocycles. The number of aliphatic hydroxyl groups is 1. The number of nitrogens with zero attached hydrogens (tertiary/aromatic N) is 3. The number of hydrogen-bond donors (Lipinski definition) is 2. The number of thiazole rings is 1. The fourth-order valence-corrected chi connectivity index (χ4v) is 4.07. The highest BCUT2D eigenvalue weighted by molar-refractivity contribution is 7.13. The Morgan fingerprint density at radius 1 is 1.36 bits per heavy atom. The molecule has 1 aromatic rings. The van der Waals surface area contributed by atoms with Crippen molar-refractivity contribution in [2.75, 3.05) is 37.7 Å². The Labute approximate surface area is 135 Å². The van der Waals surface area contributed by atoms with Crippen molar-refractivity contribution in [3.8, 4) is 0 Å². The Balaban J connectivity index is 1.44. The number of aliphatic hydroxyl groups excluding tert-OH is 1. The smallest absolute Gasteiger partial charge is 0.317 e. The highest BCUT2D eigenvalue weighted by Gasteiger charge is 2.27. The van der Waals surface area contributed by atoms with Gasteiger partial charge in [-0.1, -0.05) is 0 Å². The maximum atomic E-state index is 12.1. The lowest BCUT2D eigenvalue weighted by molar-refractivity contribution is 0.157. The molecular weight excluding hydrogens is 300 g/mol. The molecule has 3 heterocycles. The van der Waals surface area contributed by atoms with E-state index in [2.05, 4.69) is 20.6 Å². The van der Waals surface area contributed by atoms with E-state index in [9.17, 15) is 9.90 Å². The summed E-state index contributed by atoms with van der Waals surface area (Å²) in [7, 11) is 0. The molecule has 0 saturated carbocycles. The minimum absolute atomic E-state index is 0.0129. The van der Waals surface area contributed by atoms with Crippen molar-refractivity contribution in [1.82, 2.24) is 15.2 Å². The molecule has 3 rings (SSSR count). The zero-order valence-corrected chi connectivity index (χ0v) is 13.6. The van der Waals surface area contributed by atoms with Gasteiger partial charge in [-0.2, -0.15) is 0 Å². The second kappa shape index (κ2) is 7.28. The first-order valence-corrected chi connectivity index (χ1v) is 9.00. The third-order valence-electron chi connectivity index (χ3n) is 4.42. The summed E-state index contributed by atoms with van der Waals surface area (Å²) in [6.07, 6.45) is 5.15. The SMILES string of the molecule is O=C(NCCc1csc(N2CCCC2)n1)N1CCC[C@@H]1CO. The van der Waals surface area contributed by atoms with Crippen LogP contribution in [0.3, 0.4) is 0 Å². The molecule has 6 nitrogen and oxygen atoms in total. The van der Waals surface area contributed by atoms with E-state index in [1.54, 1.807) is 16.2 Å². The van der Waals surface area contributed by atoms with Gasteiger partial charge in [0.1, 0.15) is 0 Å². The molecule has 2 N–H and O–H groups in total. The van der Waals surface area contributed by atoms with Gasteiger partial charge < -0.3 is 20.2 Å². The normalized spacial score (nSPS) is 21.6. The Morgan fingerprint density at radius 3 is 2.95 bits per heavy atom. The molecule has 0 unspecified atom stereocenters. The summed E-state index contributed by atoms with van der Waals surface area (Å²) in [5, 5.41) is 15.4. The van der Waals surface area contributed by atoms with Crippen LogP contribution in [-0.2, 0) is 6.42 Å². The maximum absolute atomic E-state index is 12.1. The summed E-state index contributed by atoms with van der Waals surface area (Å²) in [6, 6.07) is -0.0763. The van der Waals surface area contributed by atoms with Crippen LogP contribution >= 0.6 is 11.3 Å².